The fourth-order valence-corrected chi connectivity index (χ4v) is 2.21. The van der Waals surface area contributed by atoms with Crippen LogP contribution in [-0.4, -0.2) is 18.3 Å². The molecule has 0 spiro atoms. The zero-order valence-electron chi connectivity index (χ0n) is 12.5. The minimum absolute atomic E-state index is 0.146. The summed E-state index contributed by atoms with van der Waals surface area (Å²) < 4.78 is 0. The maximum Gasteiger partial charge on any atom is 0.223 e. The zero-order valence-corrected chi connectivity index (χ0v) is 13.3. The second-order valence-electron chi connectivity index (χ2n) is 5.92. The van der Waals surface area contributed by atoms with Crippen LogP contribution in [0.2, 0.25) is 0 Å². The number of carbonyl (C=O) groups excluding carboxylic acids is 1. The molecule has 0 bridgehead atoms. The predicted octanol–water partition coefficient (Wildman–Crippen LogP) is 4.36. The number of alkyl halides is 1. The average molecular weight is 276 g/mol. The Bertz CT molecular complexity index is 229. The maximum absolute atomic E-state index is 12.1. The number of halogens is 1. The molecule has 1 atom stereocenters. The smallest absolute Gasteiger partial charge is 0.223 e. The van der Waals surface area contributed by atoms with Crippen molar-refractivity contribution >= 4 is 17.5 Å². The Labute approximate surface area is 118 Å². The number of nitrogens with one attached hydrogen (secondary N) is 1. The Morgan fingerprint density at radius 2 is 1.94 bits per heavy atom. The third-order valence-electron chi connectivity index (χ3n) is 3.50. The second kappa shape index (κ2) is 9.66. The lowest BCUT2D eigenvalue weighted by Crippen LogP contribution is -2.37. The van der Waals surface area contributed by atoms with Gasteiger partial charge in [0.05, 0.1) is 0 Å². The van der Waals surface area contributed by atoms with Crippen LogP contribution < -0.4 is 5.32 Å². The van der Waals surface area contributed by atoms with E-state index in [0.717, 1.165) is 45.1 Å². The molecule has 1 unspecified atom stereocenters. The first-order chi connectivity index (χ1) is 8.46. The van der Waals surface area contributed by atoms with E-state index in [0.29, 0.717) is 5.88 Å². The van der Waals surface area contributed by atoms with Crippen LogP contribution in [-0.2, 0) is 4.79 Å². The number of rotatable bonds is 10. The molecule has 3 heteroatoms. The van der Waals surface area contributed by atoms with Gasteiger partial charge in [-0.15, -0.1) is 11.6 Å². The molecule has 1 amide bonds. The van der Waals surface area contributed by atoms with E-state index in [1.165, 1.54) is 0 Å². The van der Waals surface area contributed by atoms with E-state index in [9.17, 15) is 4.79 Å². The molecule has 0 rings (SSSR count). The molecule has 108 valence electrons. The van der Waals surface area contributed by atoms with Gasteiger partial charge in [-0.25, -0.2) is 0 Å². The monoisotopic (exact) mass is 275 g/mol. The van der Waals surface area contributed by atoms with Crippen LogP contribution in [0.1, 0.15) is 66.2 Å². The summed E-state index contributed by atoms with van der Waals surface area (Å²) in [6.45, 7) is 9.39. The average Bonchev–Trinajstić information content (AvgIpc) is 2.35. The number of amides is 1. The molecule has 0 radical (unpaired) electrons. The van der Waals surface area contributed by atoms with Gasteiger partial charge in [0.15, 0.2) is 0 Å². The number of hydrogen-bond donors (Lipinski definition) is 1. The van der Waals surface area contributed by atoms with Crippen LogP contribution in [0, 0.1) is 11.3 Å². The first-order valence-electron chi connectivity index (χ1n) is 7.30. The topological polar surface area (TPSA) is 29.1 Å². The molecule has 0 aliphatic rings. The molecule has 2 nitrogen and oxygen atoms in total. The molecule has 18 heavy (non-hydrogen) atoms. The van der Waals surface area contributed by atoms with Crippen LogP contribution in [0.15, 0.2) is 0 Å². The third-order valence-corrected chi connectivity index (χ3v) is 3.77. The predicted molar refractivity (Wildman–Crippen MR) is 80.1 cm³/mol. The van der Waals surface area contributed by atoms with Gasteiger partial charge in [-0.2, -0.15) is 0 Å². The van der Waals surface area contributed by atoms with E-state index in [2.05, 4.69) is 33.0 Å². The standard InChI is InChI=1S/C15H30ClNO/c1-5-7-9-13(6-2)14(18)17-12-15(3,4)10-8-11-16/h13H,5-12H2,1-4H3,(H,17,18). The number of hydrogen-bond acceptors (Lipinski definition) is 1. The zero-order chi connectivity index (χ0) is 14.0. The van der Waals surface area contributed by atoms with Gasteiger partial charge < -0.3 is 5.32 Å². The third kappa shape index (κ3) is 7.97. The minimum Gasteiger partial charge on any atom is -0.355 e. The molecule has 0 saturated carbocycles. The van der Waals surface area contributed by atoms with Gasteiger partial charge in [-0.1, -0.05) is 40.5 Å². The van der Waals surface area contributed by atoms with Gasteiger partial charge in [-0.05, 0) is 31.1 Å². The van der Waals surface area contributed by atoms with Crippen LogP contribution in [0.4, 0.5) is 0 Å². The molecule has 0 aromatic heterocycles. The van der Waals surface area contributed by atoms with Crippen LogP contribution in [0.5, 0.6) is 0 Å². The summed E-state index contributed by atoms with van der Waals surface area (Å²) in [5, 5.41) is 3.11. The summed E-state index contributed by atoms with van der Waals surface area (Å²) in [4.78, 5) is 12.1. The molecular weight excluding hydrogens is 246 g/mol. The summed E-state index contributed by atoms with van der Waals surface area (Å²) in [6.07, 6.45) is 6.32. The molecule has 0 aliphatic carbocycles. The second-order valence-corrected chi connectivity index (χ2v) is 6.30. The molecule has 0 aromatic carbocycles. The van der Waals surface area contributed by atoms with Crippen molar-refractivity contribution in [2.75, 3.05) is 12.4 Å². The van der Waals surface area contributed by atoms with E-state index in [1.807, 2.05) is 0 Å². The van der Waals surface area contributed by atoms with E-state index < -0.39 is 0 Å². The van der Waals surface area contributed by atoms with Crippen LogP contribution >= 0.6 is 11.6 Å². The molecule has 0 heterocycles. The fourth-order valence-electron chi connectivity index (χ4n) is 2.08. The molecule has 0 saturated heterocycles. The highest BCUT2D eigenvalue weighted by atomic mass is 35.5. The SMILES string of the molecule is CCCCC(CC)C(=O)NCC(C)(C)CCCCl. The van der Waals surface area contributed by atoms with Gasteiger partial charge in [0.25, 0.3) is 0 Å². The Balaban J connectivity index is 4.05. The first-order valence-corrected chi connectivity index (χ1v) is 7.84. The molecular formula is C15H30ClNO. The quantitative estimate of drug-likeness (QED) is 0.590. The van der Waals surface area contributed by atoms with E-state index in [4.69, 9.17) is 11.6 Å². The van der Waals surface area contributed by atoms with Crippen molar-refractivity contribution in [3.05, 3.63) is 0 Å². The van der Waals surface area contributed by atoms with Crippen molar-refractivity contribution in [1.82, 2.24) is 5.32 Å². The van der Waals surface area contributed by atoms with Crippen molar-refractivity contribution in [3.8, 4) is 0 Å². The number of unbranched alkanes of at least 4 members (excludes halogenated alkanes) is 1. The first kappa shape index (κ1) is 17.8. The molecule has 0 aromatic rings. The van der Waals surface area contributed by atoms with Gasteiger partial charge in [0.1, 0.15) is 0 Å². The Morgan fingerprint density at radius 3 is 2.44 bits per heavy atom. The Kier molecular flexibility index (Phi) is 9.53. The minimum atomic E-state index is 0.146. The lowest BCUT2D eigenvalue weighted by atomic mass is 9.87. The molecule has 0 aliphatic heterocycles. The molecule has 1 N–H and O–H groups in total. The van der Waals surface area contributed by atoms with E-state index in [-0.39, 0.29) is 17.2 Å². The highest BCUT2D eigenvalue weighted by molar-refractivity contribution is 6.17. The Morgan fingerprint density at radius 1 is 1.28 bits per heavy atom. The number of carbonyl (C=O) groups is 1. The van der Waals surface area contributed by atoms with E-state index in [1.54, 1.807) is 0 Å². The van der Waals surface area contributed by atoms with E-state index >= 15 is 0 Å². The normalized spacial score (nSPS) is 13.4. The maximum atomic E-state index is 12.1. The lowest BCUT2D eigenvalue weighted by Gasteiger charge is -2.26. The van der Waals surface area contributed by atoms with Crippen molar-refractivity contribution < 1.29 is 4.79 Å². The van der Waals surface area contributed by atoms with Gasteiger partial charge in [-0.3, -0.25) is 4.79 Å². The summed E-state index contributed by atoms with van der Waals surface area (Å²) in [5.41, 5.74) is 0.146. The lowest BCUT2D eigenvalue weighted by molar-refractivity contribution is -0.125. The highest BCUT2D eigenvalue weighted by Gasteiger charge is 2.21. The summed E-state index contributed by atoms with van der Waals surface area (Å²) >= 11 is 5.71. The summed E-state index contributed by atoms with van der Waals surface area (Å²) in [5.74, 6) is 1.12. The summed E-state index contributed by atoms with van der Waals surface area (Å²) in [6, 6.07) is 0. The van der Waals surface area contributed by atoms with Crippen molar-refractivity contribution in [2.45, 2.75) is 66.2 Å². The van der Waals surface area contributed by atoms with Gasteiger partial charge in [0.2, 0.25) is 5.91 Å². The van der Waals surface area contributed by atoms with Gasteiger partial charge in [0, 0.05) is 18.3 Å². The van der Waals surface area contributed by atoms with Crippen LogP contribution in [0.3, 0.4) is 0 Å². The molecule has 0 fully saturated rings. The summed E-state index contributed by atoms with van der Waals surface area (Å²) in [7, 11) is 0. The van der Waals surface area contributed by atoms with Crippen molar-refractivity contribution in [2.24, 2.45) is 11.3 Å². The highest BCUT2D eigenvalue weighted by Crippen LogP contribution is 2.22. The van der Waals surface area contributed by atoms with Crippen LogP contribution in [0.25, 0.3) is 0 Å². The van der Waals surface area contributed by atoms with Crippen molar-refractivity contribution in [1.29, 1.82) is 0 Å². The van der Waals surface area contributed by atoms with Gasteiger partial charge >= 0.3 is 0 Å². The Hall–Kier alpha value is -0.240. The fraction of sp³-hybridized carbons (Fsp3) is 0.933. The largest absolute Gasteiger partial charge is 0.355 e. The van der Waals surface area contributed by atoms with Crippen molar-refractivity contribution in [3.63, 3.8) is 0 Å².